The molecule has 0 aliphatic carbocycles. The molecule has 0 fully saturated rings. The van der Waals surface area contributed by atoms with E-state index in [1.807, 2.05) is 75.4 Å². The summed E-state index contributed by atoms with van der Waals surface area (Å²) in [6, 6.07) is 25.1. The summed E-state index contributed by atoms with van der Waals surface area (Å²) in [5, 5.41) is 3.68. The maximum Gasteiger partial charge on any atom is 0.243 e. The van der Waals surface area contributed by atoms with E-state index in [-0.39, 0.29) is 23.8 Å². The van der Waals surface area contributed by atoms with Crippen molar-refractivity contribution in [1.82, 2.24) is 10.2 Å². The van der Waals surface area contributed by atoms with Crippen LogP contribution in [0, 0.1) is 0 Å². The van der Waals surface area contributed by atoms with Gasteiger partial charge in [0.05, 0.1) is 0 Å². The van der Waals surface area contributed by atoms with Crippen molar-refractivity contribution in [1.29, 1.82) is 0 Å². The van der Waals surface area contributed by atoms with Gasteiger partial charge in [0.1, 0.15) is 6.04 Å². The Morgan fingerprint density at radius 1 is 0.816 bits per heavy atom. The number of rotatable bonds is 9. The zero-order valence-electron chi connectivity index (χ0n) is 23.6. The van der Waals surface area contributed by atoms with Crippen LogP contribution < -0.4 is 5.32 Å². The SMILES string of the molecule is CC(C)(C)NC(=O)[C@H](Cc1ccccc1)N(Cc1ccccc1Cl)C(=O)CCc1ccc(C(C)(C)C)cc1. The summed E-state index contributed by atoms with van der Waals surface area (Å²) in [6.45, 7) is 12.7. The minimum Gasteiger partial charge on any atom is -0.350 e. The highest BCUT2D eigenvalue weighted by Gasteiger charge is 2.32. The van der Waals surface area contributed by atoms with Gasteiger partial charge in [-0.3, -0.25) is 9.59 Å². The van der Waals surface area contributed by atoms with Crippen LogP contribution in [0.25, 0.3) is 0 Å². The number of amides is 2. The molecule has 0 heterocycles. The summed E-state index contributed by atoms with van der Waals surface area (Å²) in [4.78, 5) is 29.2. The summed E-state index contributed by atoms with van der Waals surface area (Å²) in [5.41, 5.74) is 3.82. The summed E-state index contributed by atoms with van der Waals surface area (Å²) in [7, 11) is 0. The van der Waals surface area contributed by atoms with Gasteiger partial charge < -0.3 is 10.2 Å². The lowest BCUT2D eigenvalue weighted by atomic mass is 9.86. The van der Waals surface area contributed by atoms with Crippen molar-refractivity contribution in [2.75, 3.05) is 0 Å². The van der Waals surface area contributed by atoms with Gasteiger partial charge in [0, 0.05) is 29.9 Å². The quantitative estimate of drug-likeness (QED) is 0.319. The van der Waals surface area contributed by atoms with Crippen LogP contribution in [0.3, 0.4) is 0 Å². The number of halogens is 1. The Morgan fingerprint density at radius 2 is 1.42 bits per heavy atom. The van der Waals surface area contributed by atoms with Crippen molar-refractivity contribution in [2.24, 2.45) is 0 Å². The maximum absolute atomic E-state index is 13.9. The van der Waals surface area contributed by atoms with Crippen LogP contribution in [-0.2, 0) is 34.4 Å². The summed E-state index contributed by atoms with van der Waals surface area (Å²) >= 11 is 6.51. The molecule has 1 atom stereocenters. The molecule has 4 nitrogen and oxygen atoms in total. The molecule has 0 radical (unpaired) electrons. The molecule has 0 aromatic heterocycles. The molecular weight excluding hydrogens is 492 g/mol. The highest BCUT2D eigenvalue weighted by atomic mass is 35.5. The molecule has 3 aromatic carbocycles. The molecule has 0 bridgehead atoms. The normalized spacial score (nSPS) is 12.6. The second-order valence-corrected chi connectivity index (χ2v) is 12.4. The van der Waals surface area contributed by atoms with E-state index in [2.05, 4.69) is 50.4 Å². The van der Waals surface area contributed by atoms with E-state index >= 15 is 0 Å². The third-order valence-electron chi connectivity index (χ3n) is 6.52. The number of benzene rings is 3. The second kappa shape index (κ2) is 12.6. The fourth-order valence-corrected chi connectivity index (χ4v) is 4.58. The van der Waals surface area contributed by atoms with Gasteiger partial charge in [-0.1, -0.05) is 105 Å². The van der Waals surface area contributed by atoms with E-state index in [1.165, 1.54) is 5.56 Å². The van der Waals surface area contributed by atoms with Gasteiger partial charge in [-0.2, -0.15) is 0 Å². The van der Waals surface area contributed by atoms with Gasteiger partial charge in [-0.25, -0.2) is 0 Å². The molecular formula is C33H41ClN2O2. The number of hydrogen-bond acceptors (Lipinski definition) is 2. The number of hydrogen-bond donors (Lipinski definition) is 1. The van der Waals surface area contributed by atoms with Gasteiger partial charge in [-0.05, 0) is 60.9 Å². The number of carbonyl (C=O) groups is 2. The molecule has 202 valence electrons. The average Bonchev–Trinajstić information content (AvgIpc) is 2.85. The van der Waals surface area contributed by atoms with Gasteiger partial charge in [0.2, 0.25) is 11.8 Å². The molecule has 0 saturated heterocycles. The summed E-state index contributed by atoms with van der Waals surface area (Å²) in [5.74, 6) is -0.244. The Bertz CT molecular complexity index is 1210. The Hall–Kier alpha value is -3.11. The minimum absolute atomic E-state index is 0.0743. The van der Waals surface area contributed by atoms with Crippen LogP contribution in [0.1, 0.15) is 70.2 Å². The summed E-state index contributed by atoms with van der Waals surface area (Å²) < 4.78 is 0. The Labute approximate surface area is 233 Å². The number of nitrogens with one attached hydrogen (secondary N) is 1. The fraction of sp³-hybridized carbons (Fsp3) is 0.394. The molecule has 3 rings (SSSR count). The van der Waals surface area contributed by atoms with E-state index in [0.29, 0.717) is 24.3 Å². The number of nitrogens with zero attached hydrogens (tertiary/aromatic N) is 1. The van der Waals surface area contributed by atoms with Gasteiger partial charge in [-0.15, -0.1) is 0 Å². The average molecular weight is 533 g/mol. The molecule has 0 saturated carbocycles. The molecule has 1 N–H and O–H groups in total. The molecule has 0 spiro atoms. The van der Waals surface area contributed by atoms with Crippen LogP contribution in [0.15, 0.2) is 78.9 Å². The minimum atomic E-state index is -0.677. The van der Waals surface area contributed by atoms with Crippen LogP contribution >= 0.6 is 11.6 Å². The Morgan fingerprint density at radius 3 is 2.00 bits per heavy atom. The van der Waals surface area contributed by atoms with Crippen LogP contribution in [0.5, 0.6) is 0 Å². The first-order valence-corrected chi connectivity index (χ1v) is 13.7. The maximum atomic E-state index is 13.9. The number of carbonyl (C=O) groups excluding carboxylic acids is 2. The van der Waals surface area contributed by atoms with Gasteiger partial charge in [0.25, 0.3) is 0 Å². The zero-order valence-corrected chi connectivity index (χ0v) is 24.3. The smallest absolute Gasteiger partial charge is 0.243 e. The molecule has 0 aliphatic rings. The standard InChI is InChI=1S/C33H41ClN2O2/c1-32(2,3)27-19-16-24(17-20-27)18-21-30(37)36(23-26-14-10-11-15-28(26)34)29(31(38)35-33(4,5)6)22-25-12-8-7-9-13-25/h7-17,19-20,29H,18,21-23H2,1-6H3,(H,35,38)/t29-/m0/s1. The molecule has 2 amide bonds. The first-order chi connectivity index (χ1) is 17.8. The predicted octanol–water partition coefficient (Wildman–Crippen LogP) is 7.12. The first kappa shape index (κ1) is 29.4. The van der Waals surface area contributed by atoms with Crippen LogP contribution in [0.4, 0.5) is 0 Å². The highest BCUT2D eigenvalue weighted by Crippen LogP contribution is 2.24. The van der Waals surface area contributed by atoms with Crippen LogP contribution in [-0.4, -0.2) is 28.3 Å². The van der Waals surface area contributed by atoms with E-state index < -0.39 is 11.6 Å². The predicted molar refractivity (Wildman–Crippen MR) is 157 cm³/mol. The van der Waals surface area contributed by atoms with Crippen molar-refractivity contribution in [3.8, 4) is 0 Å². The third-order valence-corrected chi connectivity index (χ3v) is 6.88. The van der Waals surface area contributed by atoms with Gasteiger partial charge in [0.15, 0.2) is 0 Å². The van der Waals surface area contributed by atoms with E-state index in [4.69, 9.17) is 11.6 Å². The van der Waals surface area contributed by atoms with Crippen LogP contribution in [0.2, 0.25) is 5.02 Å². The molecule has 3 aromatic rings. The zero-order chi connectivity index (χ0) is 27.9. The van der Waals surface area contributed by atoms with Crippen molar-refractivity contribution in [3.63, 3.8) is 0 Å². The lowest BCUT2D eigenvalue weighted by Crippen LogP contribution is -2.54. The fourth-order valence-electron chi connectivity index (χ4n) is 4.38. The van der Waals surface area contributed by atoms with E-state index in [9.17, 15) is 9.59 Å². The summed E-state index contributed by atoms with van der Waals surface area (Å²) in [6.07, 6.45) is 1.31. The molecule has 0 unspecified atom stereocenters. The van der Waals surface area contributed by atoms with E-state index in [0.717, 1.165) is 16.7 Å². The first-order valence-electron chi connectivity index (χ1n) is 13.3. The lowest BCUT2D eigenvalue weighted by molar-refractivity contribution is -0.141. The van der Waals surface area contributed by atoms with E-state index in [1.54, 1.807) is 4.90 Å². The van der Waals surface area contributed by atoms with Crippen molar-refractivity contribution < 1.29 is 9.59 Å². The van der Waals surface area contributed by atoms with Crippen molar-refractivity contribution in [2.45, 2.75) is 84.3 Å². The molecule has 0 aliphatic heterocycles. The number of aryl methyl sites for hydroxylation is 1. The van der Waals surface area contributed by atoms with Gasteiger partial charge >= 0.3 is 0 Å². The lowest BCUT2D eigenvalue weighted by Gasteiger charge is -2.34. The molecule has 5 heteroatoms. The second-order valence-electron chi connectivity index (χ2n) is 12.0. The van der Waals surface area contributed by atoms with Crippen molar-refractivity contribution in [3.05, 3.63) is 106 Å². The molecule has 38 heavy (non-hydrogen) atoms. The largest absolute Gasteiger partial charge is 0.350 e. The Balaban J connectivity index is 1.91. The highest BCUT2D eigenvalue weighted by molar-refractivity contribution is 6.31. The monoisotopic (exact) mass is 532 g/mol. The van der Waals surface area contributed by atoms with Crippen molar-refractivity contribution >= 4 is 23.4 Å². The third kappa shape index (κ3) is 8.73. The Kier molecular flexibility index (Phi) is 9.78. The topological polar surface area (TPSA) is 49.4 Å².